The minimum Gasteiger partial charge on any atom is -0.465 e. The molecule has 2 amide bonds. The molecule has 1 aromatic carbocycles. The predicted molar refractivity (Wildman–Crippen MR) is 54.5 cm³/mol. The molecule has 6 heteroatoms. The van der Waals surface area contributed by atoms with Gasteiger partial charge in [-0.15, -0.1) is 0 Å². The molecule has 15 heavy (non-hydrogen) atoms. The normalized spacial score (nSPS) is 9.40. The Morgan fingerprint density at radius 1 is 1.07 bits per heavy atom. The van der Waals surface area contributed by atoms with Crippen LogP contribution in [0.3, 0.4) is 0 Å². The summed E-state index contributed by atoms with van der Waals surface area (Å²) in [7, 11) is 0. The van der Waals surface area contributed by atoms with Gasteiger partial charge in [-0.2, -0.15) is 0 Å². The number of nitrogens with one attached hydrogen (secondary N) is 2. The lowest BCUT2D eigenvalue weighted by atomic mass is 10.2. The average Bonchev–Trinajstić information content (AvgIpc) is 2.08. The van der Waals surface area contributed by atoms with E-state index < -0.39 is 12.2 Å². The zero-order valence-electron chi connectivity index (χ0n) is 7.94. The highest BCUT2D eigenvalue weighted by Gasteiger charge is 2.07. The van der Waals surface area contributed by atoms with E-state index in [1.165, 1.54) is 6.07 Å². The number of rotatable bonds is 2. The Labute approximate surface area is 85.5 Å². The summed E-state index contributed by atoms with van der Waals surface area (Å²) in [6, 6.07) is 4.71. The fourth-order valence-electron chi connectivity index (χ4n) is 1.10. The molecule has 0 radical (unpaired) electrons. The van der Waals surface area contributed by atoms with Gasteiger partial charge in [0.2, 0.25) is 0 Å². The Balaban J connectivity index is 3.02. The molecule has 0 fully saturated rings. The van der Waals surface area contributed by atoms with Gasteiger partial charge in [0.05, 0.1) is 11.4 Å². The maximum atomic E-state index is 10.4. The van der Waals surface area contributed by atoms with E-state index in [0.717, 1.165) is 5.56 Å². The molecule has 1 rings (SSSR count). The Hall–Kier alpha value is -2.24. The van der Waals surface area contributed by atoms with Crippen LogP contribution in [0.4, 0.5) is 21.0 Å². The van der Waals surface area contributed by atoms with Crippen molar-refractivity contribution < 1.29 is 19.8 Å². The van der Waals surface area contributed by atoms with Crippen molar-refractivity contribution >= 4 is 23.6 Å². The van der Waals surface area contributed by atoms with Crippen LogP contribution in [0.25, 0.3) is 0 Å². The Morgan fingerprint density at radius 2 is 1.60 bits per heavy atom. The topological polar surface area (TPSA) is 98.7 Å². The van der Waals surface area contributed by atoms with Crippen molar-refractivity contribution in [3.05, 3.63) is 23.8 Å². The smallest absolute Gasteiger partial charge is 0.409 e. The number of amides is 2. The molecule has 4 N–H and O–H groups in total. The molecule has 0 heterocycles. The van der Waals surface area contributed by atoms with Crippen LogP contribution in [-0.2, 0) is 0 Å². The van der Waals surface area contributed by atoms with Gasteiger partial charge in [-0.05, 0) is 24.6 Å². The van der Waals surface area contributed by atoms with Crippen LogP contribution >= 0.6 is 0 Å². The Kier molecular flexibility index (Phi) is 3.12. The second kappa shape index (κ2) is 4.32. The van der Waals surface area contributed by atoms with E-state index in [9.17, 15) is 9.59 Å². The monoisotopic (exact) mass is 210 g/mol. The number of carbonyl (C=O) groups is 2. The van der Waals surface area contributed by atoms with Gasteiger partial charge in [-0.3, -0.25) is 10.6 Å². The lowest BCUT2D eigenvalue weighted by Crippen LogP contribution is -2.13. The van der Waals surface area contributed by atoms with E-state index in [0.29, 0.717) is 0 Å². The van der Waals surface area contributed by atoms with Gasteiger partial charge in [-0.25, -0.2) is 9.59 Å². The van der Waals surface area contributed by atoms with E-state index in [2.05, 4.69) is 10.6 Å². The first-order valence-electron chi connectivity index (χ1n) is 4.09. The number of carboxylic acid groups (broad SMARTS) is 2. The zero-order valence-corrected chi connectivity index (χ0v) is 7.94. The van der Waals surface area contributed by atoms with E-state index in [4.69, 9.17) is 10.2 Å². The maximum absolute atomic E-state index is 10.4. The third kappa shape index (κ3) is 3.18. The van der Waals surface area contributed by atoms with Crippen molar-refractivity contribution in [3.8, 4) is 0 Å². The van der Waals surface area contributed by atoms with Crippen LogP contribution in [0, 0.1) is 6.92 Å². The summed E-state index contributed by atoms with van der Waals surface area (Å²) in [4.78, 5) is 20.8. The SMILES string of the molecule is Cc1ccc(NC(=O)O)c(NC(=O)O)c1. The molecule has 0 bridgehead atoms. The van der Waals surface area contributed by atoms with Crippen LogP contribution in [0.2, 0.25) is 0 Å². The van der Waals surface area contributed by atoms with Crippen LogP contribution in [0.5, 0.6) is 0 Å². The van der Waals surface area contributed by atoms with Crippen LogP contribution in [0.15, 0.2) is 18.2 Å². The van der Waals surface area contributed by atoms with Crippen LogP contribution in [-0.4, -0.2) is 22.4 Å². The number of hydrogen-bond acceptors (Lipinski definition) is 2. The fourth-order valence-corrected chi connectivity index (χ4v) is 1.10. The first kappa shape index (κ1) is 10.8. The quantitative estimate of drug-likeness (QED) is 0.601. The lowest BCUT2D eigenvalue weighted by Gasteiger charge is -2.09. The van der Waals surface area contributed by atoms with Gasteiger partial charge in [0.15, 0.2) is 0 Å². The molecule has 0 spiro atoms. The van der Waals surface area contributed by atoms with Crippen LogP contribution in [0.1, 0.15) is 5.56 Å². The molecule has 0 aliphatic rings. The van der Waals surface area contributed by atoms with E-state index in [-0.39, 0.29) is 11.4 Å². The number of benzene rings is 1. The summed E-state index contributed by atoms with van der Waals surface area (Å²) in [5.41, 5.74) is 1.25. The maximum Gasteiger partial charge on any atom is 0.409 e. The number of aryl methyl sites for hydroxylation is 1. The Morgan fingerprint density at radius 3 is 2.13 bits per heavy atom. The third-order valence-corrected chi connectivity index (χ3v) is 1.66. The van der Waals surface area contributed by atoms with Gasteiger partial charge >= 0.3 is 12.2 Å². The highest BCUT2D eigenvalue weighted by Crippen LogP contribution is 2.22. The lowest BCUT2D eigenvalue weighted by molar-refractivity contribution is 0.208. The summed E-state index contributed by atoms with van der Waals surface area (Å²) in [5, 5.41) is 21.2. The Bertz CT molecular complexity index is 403. The summed E-state index contributed by atoms with van der Waals surface area (Å²) in [6.07, 6.45) is -2.48. The first-order valence-corrected chi connectivity index (χ1v) is 4.09. The zero-order chi connectivity index (χ0) is 11.4. The van der Waals surface area contributed by atoms with Crippen molar-refractivity contribution in [1.82, 2.24) is 0 Å². The average molecular weight is 210 g/mol. The second-order valence-electron chi connectivity index (χ2n) is 2.91. The van der Waals surface area contributed by atoms with Crippen molar-refractivity contribution in [3.63, 3.8) is 0 Å². The summed E-state index contributed by atoms with van der Waals surface area (Å²) in [6.45, 7) is 1.78. The van der Waals surface area contributed by atoms with Gasteiger partial charge in [-0.1, -0.05) is 6.07 Å². The molecule has 0 aromatic heterocycles. The summed E-state index contributed by atoms with van der Waals surface area (Å²) in [5.74, 6) is 0. The number of hydrogen-bond donors (Lipinski definition) is 4. The summed E-state index contributed by atoms with van der Waals surface area (Å²) >= 11 is 0. The van der Waals surface area contributed by atoms with Gasteiger partial charge in [0.1, 0.15) is 0 Å². The van der Waals surface area contributed by atoms with Crippen molar-refractivity contribution in [1.29, 1.82) is 0 Å². The molecule has 0 aliphatic heterocycles. The van der Waals surface area contributed by atoms with Crippen molar-refractivity contribution in [2.45, 2.75) is 6.92 Å². The molecule has 6 nitrogen and oxygen atoms in total. The minimum absolute atomic E-state index is 0.204. The largest absolute Gasteiger partial charge is 0.465 e. The molecule has 80 valence electrons. The third-order valence-electron chi connectivity index (χ3n) is 1.66. The van der Waals surface area contributed by atoms with E-state index in [1.807, 2.05) is 0 Å². The standard InChI is InChI=1S/C9H10N2O4/c1-5-2-3-6(10-8(12)13)7(4-5)11-9(14)15/h2-4,10-11H,1H3,(H,12,13)(H,14,15). The van der Waals surface area contributed by atoms with Crippen molar-refractivity contribution in [2.24, 2.45) is 0 Å². The second-order valence-corrected chi connectivity index (χ2v) is 2.91. The van der Waals surface area contributed by atoms with E-state index >= 15 is 0 Å². The van der Waals surface area contributed by atoms with Gasteiger partial charge in [0.25, 0.3) is 0 Å². The molecular formula is C9H10N2O4. The van der Waals surface area contributed by atoms with Gasteiger partial charge < -0.3 is 10.2 Å². The predicted octanol–water partition coefficient (Wildman–Crippen LogP) is 2.17. The first-order chi connectivity index (χ1) is 6.99. The molecular weight excluding hydrogens is 200 g/mol. The number of anilines is 2. The fraction of sp³-hybridized carbons (Fsp3) is 0.111. The minimum atomic E-state index is -1.24. The molecule has 0 saturated heterocycles. The summed E-state index contributed by atoms with van der Waals surface area (Å²) < 4.78 is 0. The molecule has 0 aliphatic carbocycles. The molecule has 1 aromatic rings. The molecule has 0 atom stereocenters. The highest BCUT2D eigenvalue weighted by atomic mass is 16.4. The van der Waals surface area contributed by atoms with E-state index in [1.54, 1.807) is 19.1 Å². The van der Waals surface area contributed by atoms with Crippen LogP contribution < -0.4 is 10.6 Å². The molecule has 0 unspecified atom stereocenters. The highest BCUT2D eigenvalue weighted by molar-refractivity contribution is 5.94. The van der Waals surface area contributed by atoms with Crippen molar-refractivity contribution in [2.75, 3.05) is 10.6 Å². The molecule has 0 saturated carbocycles. The van der Waals surface area contributed by atoms with Gasteiger partial charge in [0, 0.05) is 0 Å².